The molecule has 1 aliphatic heterocycles. The van der Waals surface area contributed by atoms with Gasteiger partial charge in [-0.2, -0.15) is 15.0 Å². The quantitative estimate of drug-likeness (QED) is 0.651. The molecule has 0 spiro atoms. The number of ether oxygens (including phenoxy) is 2. The Hall–Kier alpha value is -3.70. The smallest absolute Gasteiger partial charge is 0.414 e. The molecule has 0 aliphatic carbocycles. The van der Waals surface area contributed by atoms with Crippen molar-refractivity contribution in [1.82, 2.24) is 20.3 Å². The lowest BCUT2D eigenvalue weighted by molar-refractivity contribution is -0.119. The van der Waals surface area contributed by atoms with Crippen LogP contribution in [-0.2, 0) is 9.53 Å². The predicted octanol–water partition coefficient (Wildman–Crippen LogP) is 0.806. The average Bonchev–Trinajstić information content (AvgIpc) is 3.02. The molecule has 1 aromatic carbocycles. The third-order valence-electron chi connectivity index (χ3n) is 3.78. The summed E-state index contributed by atoms with van der Waals surface area (Å²) in [6, 6.07) is 4.12. The number of methoxy groups -OCH3 is 1. The molecule has 0 saturated carbocycles. The summed E-state index contributed by atoms with van der Waals surface area (Å²) in [5.41, 5.74) is 5.92. The molecule has 3 rings (SSSR count). The highest BCUT2D eigenvalue weighted by Crippen LogP contribution is 2.27. The maximum atomic E-state index is 14.5. The molecule has 0 unspecified atom stereocenters. The Labute approximate surface area is 159 Å². The molecule has 1 aromatic heterocycles. The van der Waals surface area contributed by atoms with Gasteiger partial charge < -0.3 is 25.8 Å². The van der Waals surface area contributed by atoms with E-state index in [0.29, 0.717) is 5.69 Å². The highest BCUT2D eigenvalue weighted by Gasteiger charge is 2.32. The third-order valence-corrected chi connectivity index (χ3v) is 3.78. The summed E-state index contributed by atoms with van der Waals surface area (Å²) < 4.78 is 24.6. The van der Waals surface area contributed by atoms with Crippen LogP contribution in [0.3, 0.4) is 0 Å². The van der Waals surface area contributed by atoms with Crippen molar-refractivity contribution >= 4 is 35.3 Å². The molecule has 2 aromatic rings. The molecule has 1 atom stereocenters. The van der Waals surface area contributed by atoms with Crippen molar-refractivity contribution in [3.63, 3.8) is 0 Å². The maximum Gasteiger partial charge on any atom is 0.414 e. The first-order valence-corrected chi connectivity index (χ1v) is 8.20. The first-order chi connectivity index (χ1) is 13.4. The molecule has 148 valence electrons. The Morgan fingerprint density at radius 1 is 1.43 bits per heavy atom. The summed E-state index contributed by atoms with van der Waals surface area (Å²) in [5, 5.41) is 5.25. The Morgan fingerprint density at radius 2 is 2.21 bits per heavy atom. The number of aromatic nitrogens is 3. The summed E-state index contributed by atoms with van der Waals surface area (Å²) in [5.74, 6) is -0.955. The number of rotatable bonds is 6. The SMILES string of the molecule is COc1nc(N)nc(Nc2ccc(N3C[C@@H](CNC(C)=O)OC3=O)cc2F)n1. The van der Waals surface area contributed by atoms with E-state index in [9.17, 15) is 14.0 Å². The van der Waals surface area contributed by atoms with Crippen LogP contribution in [0.2, 0.25) is 0 Å². The largest absolute Gasteiger partial charge is 0.467 e. The molecule has 0 bridgehead atoms. The van der Waals surface area contributed by atoms with Crippen LogP contribution in [0.5, 0.6) is 6.01 Å². The second-order valence-corrected chi connectivity index (χ2v) is 5.85. The lowest BCUT2D eigenvalue weighted by Crippen LogP contribution is -2.33. The van der Waals surface area contributed by atoms with E-state index in [0.717, 1.165) is 0 Å². The summed E-state index contributed by atoms with van der Waals surface area (Å²) in [7, 11) is 1.36. The number of amides is 2. The zero-order chi connectivity index (χ0) is 20.3. The Balaban J connectivity index is 1.73. The molecule has 0 radical (unpaired) electrons. The molecular weight excluding hydrogens is 373 g/mol. The Bertz CT molecular complexity index is 911. The standard InChI is InChI=1S/C16H18FN7O4/c1-8(25)19-6-10-7-24(16(26)28-10)9-3-4-12(11(17)5-9)20-14-21-13(18)22-15(23-14)27-2/h3-5,10H,6-7H2,1-2H3,(H,19,25)(H3,18,20,21,22,23)/t10-/m1/s1. The van der Waals surface area contributed by atoms with Crippen LogP contribution in [0.25, 0.3) is 0 Å². The number of benzene rings is 1. The molecule has 11 nitrogen and oxygen atoms in total. The van der Waals surface area contributed by atoms with Gasteiger partial charge in [0.15, 0.2) is 0 Å². The second-order valence-electron chi connectivity index (χ2n) is 5.85. The number of anilines is 4. The van der Waals surface area contributed by atoms with Crippen molar-refractivity contribution in [2.75, 3.05) is 36.1 Å². The van der Waals surface area contributed by atoms with E-state index < -0.39 is 18.0 Å². The fourth-order valence-corrected chi connectivity index (χ4v) is 2.51. The minimum atomic E-state index is -0.645. The third kappa shape index (κ3) is 4.34. The van der Waals surface area contributed by atoms with Crippen molar-refractivity contribution in [1.29, 1.82) is 0 Å². The summed E-state index contributed by atoms with van der Waals surface area (Å²) in [6.45, 7) is 1.74. The van der Waals surface area contributed by atoms with E-state index in [1.54, 1.807) is 0 Å². The average molecular weight is 391 g/mol. The fourth-order valence-electron chi connectivity index (χ4n) is 2.51. The number of carbonyl (C=O) groups is 2. The highest BCUT2D eigenvalue weighted by atomic mass is 19.1. The van der Waals surface area contributed by atoms with E-state index in [1.807, 2.05) is 0 Å². The maximum absolute atomic E-state index is 14.5. The molecule has 12 heteroatoms. The fraction of sp³-hybridized carbons (Fsp3) is 0.312. The molecule has 2 heterocycles. The molecule has 1 fully saturated rings. The van der Waals surface area contributed by atoms with E-state index >= 15 is 0 Å². The van der Waals surface area contributed by atoms with Gasteiger partial charge in [0.25, 0.3) is 0 Å². The number of carbonyl (C=O) groups excluding carboxylic acids is 2. The summed E-state index contributed by atoms with van der Waals surface area (Å²) in [6.07, 6.45) is -1.14. The topological polar surface area (TPSA) is 145 Å². The molecular formula is C16H18FN7O4. The van der Waals surface area contributed by atoms with Crippen LogP contribution in [0, 0.1) is 5.82 Å². The van der Waals surface area contributed by atoms with Gasteiger partial charge in [-0.1, -0.05) is 0 Å². The number of hydrogen-bond acceptors (Lipinski definition) is 9. The van der Waals surface area contributed by atoms with Crippen molar-refractivity contribution in [3.8, 4) is 6.01 Å². The molecule has 28 heavy (non-hydrogen) atoms. The van der Waals surface area contributed by atoms with Crippen LogP contribution in [0.15, 0.2) is 18.2 Å². The van der Waals surface area contributed by atoms with Gasteiger partial charge >= 0.3 is 12.1 Å². The van der Waals surface area contributed by atoms with Gasteiger partial charge in [0.2, 0.25) is 17.8 Å². The van der Waals surface area contributed by atoms with Gasteiger partial charge in [-0.15, -0.1) is 0 Å². The van der Waals surface area contributed by atoms with Crippen LogP contribution in [-0.4, -0.2) is 53.3 Å². The lowest BCUT2D eigenvalue weighted by Gasteiger charge is -2.15. The van der Waals surface area contributed by atoms with E-state index in [1.165, 1.54) is 37.1 Å². The van der Waals surface area contributed by atoms with Crippen LogP contribution in [0.4, 0.5) is 32.5 Å². The molecule has 1 aliphatic rings. The minimum Gasteiger partial charge on any atom is -0.467 e. The summed E-state index contributed by atoms with van der Waals surface area (Å²) >= 11 is 0. The van der Waals surface area contributed by atoms with Crippen LogP contribution >= 0.6 is 0 Å². The zero-order valence-electron chi connectivity index (χ0n) is 15.1. The Morgan fingerprint density at radius 3 is 2.89 bits per heavy atom. The van der Waals surface area contributed by atoms with Gasteiger partial charge in [-0.05, 0) is 18.2 Å². The predicted molar refractivity (Wildman–Crippen MR) is 96.8 cm³/mol. The monoisotopic (exact) mass is 391 g/mol. The van der Waals surface area contributed by atoms with Crippen LogP contribution < -0.4 is 26.0 Å². The number of hydrogen-bond donors (Lipinski definition) is 3. The van der Waals surface area contributed by atoms with Crippen molar-refractivity contribution in [2.45, 2.75) is 13.0 Å². The van der Waals surface area contributed by atoms with E-state index in [2.05, 4.69) is 25.6 Å². The number of nitrogens with zero attached hydrogens (tertiary/aromatic N) is 4. The number of nitrogens with one attached hydrogen (secondary N) is 2. The normalized spacial score (nSPS) is 15.9. The van der Waals surface area contributed by atoms with Crippen molar-refractivity contribution < 1.29 is 23.5 Å². The first-order valence-electron chi connectivity index (χ1n) is 8.20. The number of halogens is 1. The van der Waals surface area contributed by atoms with Gasteiger partial charge in [-0.25, -0.2) is 9.18 Å². The number of nitrogen functional groups attached to an aromatic ring is 1. The van der Waals surface area contributed by atoms with Gasteiger partial charge in [0.1, 0.15) is 11.9 Å². The lowest BCUT2D eigenvalue weighted by atomic mass is 10.2. The van der Waals surface area contributed by atoms with E-state index in [-0.39, 0.29) is 42.6 Å². The number of cyclic esters (lactones) is 1. The molecule has 4 N–H and O–H groups in total. The first kappa shape index (κ1) is 19.1. The van der Waals surface area contributed by atoms with Gasteiger partial charge in [0, 0.05) is 6.92 Å². The zero-order valence-corrected chi connectivity index (χ0v) is 15.1. The van der Waals surface area contributed by atoms with Gasteiger partial charge in [0.05, 0.1) is 31.6 Å². The minimum absolute atomic E-state index is 0.00644. The van der Waals surface area contributed by atoms with Crippen LogP contribution in [0.1, 0.15) is 6.92 Å². The number of nitrogens with two attached hydrogens (primary N) is 1. The second kappa shape index (κ2) is 7.90. The van der Waals surface area contributed by atoms with E-state index in [4.69, 9.17) is 15.2 Å². The van der Waals surface area contributed by atoms with Gasteiger partial charge in [-0.3, -0.25) is 9.69 Å². The molecule has 1 saturated heterocycles. The van der Waals surface area contributed by atoms with Crippen molar-refractivity contribution in [2.24, 2.45) is 0 Å². The molecule has 2 amide bonds. The summed E-state index contributed by atoms with van der Waals surface area (Å²) in [4.78, 5) is 35.8. The Kier molecular flexibility index (Phi) is 5.38. The van der Waals surface area contributed by atoms with Crippen molar-refractivity contribution in [3.05, 3.63) is 24.0 Å². The highest BCUT2D eigenvalue weighted by molar-refractivity contribution is 5.90.